The Hall–Kier alpha value is -2.25. The highest BCUT2D eigenvalue weighted by molar-refractivity contribution is 7.89. The van der Waals surface area contributed by atoms with Gasteiger partial charge < -0.3 is 5.32 Å². The van der Waals surface area contributed by atoms with Crippen LogP contribution in [-0.4, -0.2) is 20.4 Å². The van der Waals surface area contributed by atoms with Gasteiger partial charge in [-0.1, -0.05) is 18.2 Å². The van der Waals surface area contributed by atoms with Crippen LogP contribution in [-0.2, 0) is 14.8 Å². The molecule has 1 saturated carbocycles. The van der Waals surface area contributed by atoms with Crippen molar-refractivity contribution in [3.05, 3.63) is 65.0 Å². The zero-order valence-corrected chi connectivity index (χ0v) is 18.4. The normalized spacial score (nSPS) is 20.5. The molecule has 1 fully saturated rings. The van der Waals surface area contributed by atoms with Crippen molar-refractivity contribution in [3.8, 4) is 0 Å². The summed E-state index contributed by atoms with van der Waals surface area (Å²) in [4.78, 5) is 12.9. The van der Waals surface area contributed by atoms with Gasteiger partial charge in [-0.15, -0.1) is 0 Å². The number of carbonyl (C=O) groups excluding carboxylic acids is 1. The third-order valence-electron chi connectivity index (χ3n) is 5.94. The number of carbonyl (C=O) groups is 1. The summed E-state index contributed by atoms with van der Waals surface area (Å²) in [6.07, 6.45) is 2.49. The maximum absolute atomic E-state index is 13.1. The van der Waals surface area contributed by atoms with E-state index >= 15 is 0 Å². The molecule has 0 saturated heterocycles. The molecule has 162 valence electrons. The minimum atomic E-state index is -3.58. The van der Waals surface area contributed by atoms with E-state index in [0.29, 0.717) is 25.7 Å². The number of sulfonamides is 1. The second-order valence-corrected chi connectivity index (χ2v) is 9.91. The van der Waals surface area contributed by atoms with Gasteiger partial charge in [0.1, 0.15) is 5.82 Å². The Morgan fingerprint density at radius 1 is 1.00 bits per heavy atom. The summed E-state index contributed by atoms with van der Waals surface area (Å²) in [6, 6.07) is 10.8. The zero-order chi connectivity index (χ0) is 21.9. The van der Waals surface area contributed by atoms with Gasteiger partial charge in [0.05, 0.1) is 10.9 Å². The van der Waals surface area contributed by atoms with Crippen LogP contribution < -0.4 is 10.0 Å². The van der Waals surface area contributed by atoms with E-state index in [1.807, 2.05) is 26.8 Å². The lowest BCUT2D eigenvalue weighted by Gasteiger charge is -2.29. The van der Waals surface area contributed by atoms with Gasteiger partial charge in [-0.2, -0.15) is 0 Å². The van der Waals surface area contributed by atoms with Crippen LogP contribution >= 0.6 is 0 Å². The second-order valence-electron chi connectivity index (χ2n) is 8.20. The first kappa shape index (κ1) is 22.4. The molecule has 1 aliphatic rings. The average molecular weight is 433 g/mol. The Labute approximate surface area is 178 Å². The molecular formula is C23H29FN2O3S. The molecular weight excluding hydrogens is 403 g/mol. The molecule has 0 radical (unpaired) electrons. The number of amides is 1. The fourth-order valence-corrected chi connectivity index (χ4v) is 5.20. The summed E-state index contributed by atoms with van der Waals surface area (Å²) in [6.45, 7) is 5.71. The summed E-state index contributed by atoms with van der Waals surface area (Å²) < 4.78 is 41.2. The SMILES string of the molecule is Cc1ccc(S(=O)(=O)N[C@H]2CC[C@H](C(=O)N[C@H](C)c3ccc(F)cc3)CC2)cc1C. The largest absolute Gasteiger partial charge is 0.349 e. The number of hydrogen-bond donors (Lipinski definition) is 2. The van der Waals surface area contributed by atoms with Gasteiger partial charge in [-0.3, -0.25) is 4.79 Å². The van der Waals surface area contributed by atoms with E-state index in [1.165, 1.54) is 12.1 Å². The molecule has 1 aliphatic carbocycles. The number of aryl methyl sites for hydroxylation is 2. The minimum Gasteiger partial charge on any atom is -0.349 e. The fraction of sp³-hybridized carbons (Fsp3) is 0.435. The first-order valence-electron chi connectivity index (χ1n) is 10.3. The molecule has 30 heavy (non-hydrogen) atoms. The van der Waals surface area contributed by atoms with Crippen LogP contribution in [0.3, 0.4) is 0 Å². The van der Waals surface area contributed by atoms with Crippen molar-refractivity contribution in [1.82, 2.24) is 10.0 Å². The molecule has 2 aromatic carbocycles. The summed E-state index contributed by atoms with van der Waals surface area (Å²) in [7, 11) is -3.58. The van der Waals surface area contributed by atoms with E-state index < -0.39 is 10.0 Å². The van der Waals surface area contributed by atoms with Gasteiger partial charge in [-0.25, -0.2) is 17.5 Å². The maximum Gasteiger partial charge on any atom is 0.240 e. The number of nitrogens with one attached hydrogen (secondary N) is 2. The van der Waals surface area contributed by atoms with Crippen molar-refractivity contribution in [2.75, 3.05) is 0 Å². The molecule has 0 heterocycles. The number of halogens is 1. The molecule has 2 N–H and O–H groups in total. The van der Waals surface area contributed by atoms with Crippen molar-refractivity contribution in [2.24, 2.45) is 5.92 Å². The summed E-state index contributed by atoms with van der Waals surface area (Å²) in [5.41, 5.74) is 2.84. The monoisotopic (exact) mass is 432 g/mol. The van der Waals surface area contributed by atoms with Crippen LogP contribution in [0.25, 0.3) is 0 Å². The van der Waals surface area contributed by atoms with Gasteiger partial charge in [0, 0.05) is 12.0 Å². The predicted octanol–water partition coefficient (Wildman–Crippen LogP) is 4.16. The van der Waals surface area contributed by atoms with Crippen LogP contribution in [0.5, 0.6) is 0 Å². The van der Waals surface area contributed by atoms with Crippen LogP contribution in [0.1, 0.15) is 55.3 Å². The average Bonchev–Trinajstić information content (AvgIpc) is 2.70. The van der Waals surface area contributed by atoms with Crippen LogP contribution in [0.15, 0.2) is 47.4 Å². The van der Waals surface area contributed by atoms with E-state index in [1.54, 1.807) is 24.3 Å². The number of benzene rings is 2. The third kappa shape index (κ3) is 5.46. The minimum absolute atomic E-state index is 0.0395. The molecule has 1 atom stereocenters. The highest BCUT2D eigenvalue weighted by atomic mass is 32.2. The molecule has 3 rings (SSSR count). The quantitative estimate of drug-likeness (QED) is 0.720. The summed E-state index contributed by atoms with van der Waals surface area (Å²) >= 11 is 0. The number of hydrogen-bond acceptors (Lipinski definition) is 3. The summed E-state index contributed by atoms with van der Waals surface area (Å²) in [5, 5.41) is 2.99. The Kier molecular flexibility index (Phi) is 6.93. The van der Waals surface area contributed by atoms with Gasteiger partial charge in [0.15, 0.2) is 0 Å². The smallest absolute Gasteiger partial charge is 0.240 e. The molecule has 0 unspecified atom stereocenters. The molecule has 0 aliphatic heterocycles. The lowest BCUT2D eigenvalue weighted by atomic mass is 9.85. The highest BCUT2D eigenvalue weighted by Crippen LogP contribution is 2.27. The van der Waals surface area contributed by atoms with Crippen molar-refractivity contribution < 1.29 is 17.6 Å². The topological polar surface area (TPSA) is 75.3 Å². The summed E-state index contributed by atoms with van der Waals surface area (Å²) in [5.74, 6) is -0.489. The Balaban J connectivity index is 1.53. The van der Waals surface area contributed by atoms with E-state index in [9.17, 15) is 17.6 Å². The maximum atomic E-state index is 13.1. The molecule has 2 aromatic rings. The lowest BCUT2D eigenvalue weighted by Crippen LogP contribution is -2.41. The van der Waals surface area contributed by atoms with Crippen LogP contribution in [0.4, 0.5) is 4.39 Å². The predicted molar refractivity (Wildman–Crippen MR) is 115 cm³/mol. The van der Waals surface area contributed by atoms with E-state index in [4.69, 9.17) is 0 Å². The van der Waals surface area contributed by atoms with E-state index in [2.05, 4.69) is 10.0 Å². The molecule has 7 heteroatoms. The van der Waals surface area contributed by atoms with E-state index in [-0.39, 0.29) is 34.6 Å². The first-order chi connectivity index (χ1) is 14.2. The lowest BCUT2D eigenvalue weighted by molar-refractivity contribution is -0.126. The van der Waals surface area contributed by atoms with Crippen molar-refractivity contribution in [2.45, 2.75) is 63.4 Å². The first-order valence-corrected chi connectivity index (χ1v) is 11.8. The van der Waals surface area contributed by atoms with E-state index in [0.717, 1.165) is 16.7 Å². The van der Waals surface area contributed by atoms with Crippen molar-refractivity contribution in [1.29, 1.82) is 0 Å². The molecule has 1 amide bonds. The van der Waals surface area contributed by atoms with Gasteiger partial charge in [0.2, 0.25) is 15.9 Å². The van der Waals surface area contributed by atoms with Crippen molar-refractivity contribution >= 4 is 15.9 Å². The fourth-order valence-electron chi connectivity index (χ4n) is 3.81. The van der Waals surface area contributed by atoms with Gasteiger partial charge >= 0.3 is 0 Å². The highest BCUT2D eigenvalue weighted by Gasteiger charge is 2.29. The molecule has 5 nitrogen and oxygen atoms in total. The Morgan fingerprint density at radius 2 is 1.63 bits per heavy atom. The Morgan fingerprint density at radius 3 is 2.23 bits per heavy atom. The second kappa shape index (κ2) is 9.27. The van der Waals surface area contributed by atoms with Gasteiger partial charge in [-0.05, 0) is 87.4 Å². The molecule has 0 aromatic heterocycles. The van der Waals surface area contributed by atoms with Gasteiger partial charge in [0.25, 0.3) is 0 Å². The van der Waals surface area contributed by atoms with Crippen LogP contribution in [0.2, 0.25) is 0 Å². The zero-order valence-electron chi connectivity index (χ0n) is 17.6. The Bertz CT molecular complexity index is 998. The molecule has 0 bridgehead atoms. The standard InChI is InChI=1S/C23H29FN2O3S/c1-15-4-13-22(14-16(15)2)30(28,29)26-21-11-7-19(8-12-21)23(27)25-17(3)18-5-9-20(24)10-6-18/h4-6,9-10,13-14,17,19,21,26H,7-8,11-12H2,1-3H3,(H,25,27)/t17-,19-,21-/m1/s1. The van der Waals surface area contributed by atoms with Crippen LogP contribution in [0, 0.1) is 25.6 Å². The number of rotatable bonds is 6. The molecule has 0 spiro atoms. The van der Waals surface area contributed by atoms with Crippen molar-refractivity contribution in [3.63, 3.8) is 0 Å². The third-order valence-corrected chi connectivity index (χ3v) is 7.46.